The summed E-state index contributed by atoms with van der Waals surface area (Å²) in [7, 11) is 0. The summed E-state index contributed by atoms with van der Waals surface area (Å²) in [6, 6.07) is 10.3. The molecule has 25 heavy (non-hydrogen) atoms. The number of ether oxygens (including phenoxy) is 2. The SMILES string of the molecule is CC1(C)CCC(NCC2CN(C(=O)OCc3ccccc3)CCO2)C1. The number of rotatable bonds is 5. The molecule has 2 unspecified atom stereocenters. The molecule has 138 valence electrons. The summed E-state index contributed by atoms with van der Waals surface area (Å²) < 4.78 is 11.3. The number of morpholine rings is 1. The molecule has 0 spiro atoms. The van der Waals surface area contributed by atoms with Crippen molar-refractivity contribution >= 4 is 6.09 Å². The van der Waals surface area contributed by atoms with Crippen molar-refractivity contribution in [1.29, 1.82) is 0 Å². The van der Waals surface area contributed by atoms with Gasteiger partial charge in [-0.25, -0.2) is 4.79 Å². The molecule has 2 fully saturated rings. The van der Waals surface area contributed by atoms with Gasteiger partial charge in [0.25, 0.3) is 0 Å². The molecule has 0 bridgehead atoms. The zero-order valence-corrected chi connectivity index (χ0v) is 15.4. The van der Waals surface area contributed by atoms with Crippen LogP contribution in [0.25, 0.3) is 0 Å². The molecule has 1 aliphatic carbocycles. The third-order valence-corrected chi connectivity index (χ3v) is 5.20. The Bertz CT molecular complexity index is 561. The second-order valence-corrected chi connectivity index (χ2v) is 7.99. The van der Waals surface area contributed by atoms with Gasteiger partial charge in [-0.3, -0.25) is 0 Å². The first-order valence-corrected chi connectivity index (χ1v) is 9.32. The van der Waals surface area contributed by atoms with Crippen LogP contribution in [0.15, 0.2) is 30.3 Å². The fourth-order valence-corrected chi connectivity index (χ4v) is 3.73. The van der Waals surface area contributed by atoms with Crippen molar-refractivity contribution < 1.29 is 14.3 Å². The van der Waals surface area contributed by atoms with Gasteiger partial charge in [-0.05, 0) is 30.2 Å². The fraction of sp³-hybridized carbons (Fsp3) is 0.650. The third kappa shape index (κ3) is 5.44. The van der Waals surface area contributed by atoms with E-state index in [2.05, 4.69) is 19.2 Å². The first-order chi connectivity index (χ1) is 12.0. The lowest BCUT2D eigenvalue weighted by Gasteiger charge is -2.33. The van der Waals surface area contributed by atoms with Crippen molar-refractivity contribution in [2.45, 2.75) is 51.9 Å². The normalized spacial score (nSPS) is 25.8. The van der Waals surface area contributed by atoms with Crippen LogP contribution in [0.1, 0.15) is 38.7 Å². The number of nitrogens with zero attached hydrogens (tertiary/aromatic N) is 1. The quantitative estimate of drug-likeness (QED) is 0.890. The van der Waals surface area contributed by atoms with Crippen LogP contribution in [0, 0.1) is 5.41 Å². The predicted octanol–water partition coefficient (Wildman–Crippen LogP) is 3.19. The summed E-state index contributed by atoms with van der Waals surface area (Å²) in [5.74, 6) is 0. The summed E-state index contributed by atoms with van der Waals surface area (Å²) >= 11 is 0. The molecule has 1 amide bonds. The van der Waals surface area contributed by atoms with E-state index in [1.807, 2.05) is 30.3 Å². The zero-order chi connectivity index (χ0) is 17.7. The Balaban J connectivity index is 1.40. The van der Waals surface area contributed by atoms with Crippen LogP contribution in [0.4, 0.5) is 4.79 Å². The second-order valence-electron chi connectivity index (χ2n) is 7.99. The maximum atomic E-state index is 12.3. The standard InChI is InChI=1S/C20H30N2O3/c1-20(2)9-8-17(12-20)21-13-18-14-22(10-11-24-18)19(23)25-15-16-6-4-3-5-7-16/h3-7,17-18,21H,8-15H2,1-2H3. The van der Waals surface area contributed by atoms with Crippen LogP contribution in [-0.2, 0) is 16.1 Å². The molecule has 1 saturated carbocycles. The maximum absolute atomic E-state index is 12.3. The van der Waals surface area contributed by atoms with Gasteiger partial charge in [-0.2, -0.15) is 0 Å². The molecule has 3 rings (SSSR count). The van der Waals surface area contributed by atoms with E-state index in [4.69, 9.17) is 9.47 Å². The molecule has 1 aliphatic heterocycles. The lowest BCUT2D eigenvalue weighted by Crippen LogP contribution is -2.50. The van der Waals surface area contributed by atoms with Crippen molar-refractivity contribution in [2.75, 3.05) is 26.2 Å². The van der Waals surface area contributed by atoms with Gasteiger partial charge in [0.05, 0.1) is 19.3 Å². The molecule has 2 atom stereocenters. The van der Waals surface area contributed by atoms with Crippen molar-refractivity contribution in [3.8, 4) is 0 Å². The largest absolute Gasteiger partial charge is 0.445 e. The zero-order valence-electron chi connectivity index (χ0n) is 15.4. The lowest BCUT2D eigenvalue weighted by atomic mass is 9.92. The molecule has 5 nitrogen and oxygen atoms in total. The number of hydrogen-bond donors (Lipinski definition) is 1. The molecule has 5 heteroatoms. The Morgan fingerprint density at radius 3 is 2.88 bits per heavy atom. The van der Waals surface area contributed by atoms with Gasteiger partial charge in [-0.15, -0.1) is 0 Å². The van der Waals surface area contributed by atoms with Gasteiger partial charge in [0.15, 0.2) is 0 Å². The Kier molecular flexibility index (Phi) is 5.97. The van der Waals surface area contributed by atoms with Crippen LogP contribution < -0.4 is 5.32 Å². The first kappa shape index (κ1) is 18.2. The smallest absolute Gasteiger partial charge is 0.410 e. The van der Waals surface area contributed by atoms with Gasteiger partial charge in [0, 0.05) is 19.1 Å². The van der Waals surface area contributed by atoms with E-state index in [0.717, 1.165) is 12.1 Å². The summed E-state index contributed by atoms with van der Waals surface area (Å²) in [6.07, 6.45) is 3.50. The van der Waals surface area contributed by atoms with Crippen molar-refractivity contribution in [1.82, 2.24) is 10.2 Å². The summed E-state index contributed by atoms with van der Waals surface area (Å²) in [4.78, 5) is 14.1. The van der Waals surface area contributed by atoms with E-state index in [1.54, 1.807) is 4.90 Å². The number of hydrogen-bond acceptors (Lipinski definition) is 4. The van der Waals surface area contributed by atoms with Gasteiger partial charge >= 0.3 is 6.09 Å². The summed E-state index contributed by atoms with van der Waals surface area (Å²) in [5, 5.41) is 3.62. The van der Waals surface area contributed by atoms with E-state index in [1.165, 1.54) is 19.3 Å². The van der Waals surface area contributed by atoms with Gasteiger partial charge in [-0.1, -0.05) is 44.2 Å². The number of carbonyl (C=O) groups is 1. The summed E-state index contributed by atoms with van der Waals surface area (Å²) in [6.45, 7) is 7.53. The summed E-state index contributed by atoms with van der Waals surface area (Å²) in [5.41, 5.74) is 1.45. The Morgan fingerprint density at radius 1 is 1.36 bits per heavy atom. The fourth-order valence-electron chi connectivity index (χ4n) is 3.73. The lowest BCUT2D eigenvalue weighted by molar-refractivity contribution is -0.0280. The predicted molar refractivity (Wildman–Crippen MR) is 97.4 cm³/mol. The van der Waals surface area contributed by atoms with Crippen LogP contribution in [0.2, 0.25) is 0 Å². The average Bonchev–Trinajstić information content (AvgIpc) is 2.98. The van der Waals surface area contributed by atoms with Crippen molar-refractivity contribution in [2.24, 2.45) is 5.41 Å². The highest BCUT2D eigenvalue weighted by Gasteiger charge is 2.32. The molecule has 1 heterocycles. The number of carbonyl (C=O) groups excluding carboxylic acids is 1. The molecule has 0 radical (unpaired) electrons. The highest BCUT2D eigenvalue weighted by atomic mass is 16.6. The molecule has 1 aromatic rings. The maximum Gasteiger partial charge on any atom is 0.410 e. The van der Waals surface area contributed by atoms with Crippen LogP contribution >= 0.6 is 0 Å². The van der Waals surface area contributed by atoms with Gasteiger partial charge < -0.3 is 19.7 Å². The van der Waals surface area contributed by atoms with Crippen molar-refractivity contribution in [3.63, 3.8) is 0 Å². The highest BCUT2D eigenvalue weighted by molar-refractivity contribution is 5.67. The second kappa shape index (κ2) is 8.19. The molecular formula is C20H30N2O3. The highest BCUT2D eigenvalue weighted by Crippen LogP contribution is 2.36. The Labute approximate surface area is 150 Å². The molecule has 1 saturated heterocycles. The third-order valence-electron chi connectivity index (χ3n) is 5.20. The van der Waals surface area contributed by atoms with Crippen LogP contribution in [0.3, 0.4) is 0 Å². The first-order valence-electron chi connectivity index (χ1n) is 9.32. The van der Waals surface area contributed by atoms with Crippen molar-refractivity contribution in [3.05, 3.63) is 35.9 Å². The average molecular weight is 346 g/mol. The van der Waals surface area contributed by atoms with E-state index in [-0.39, 0.29) is 12.2 Å². The molecule has 0 aromatic heterocycles. The van der Waals surface area contributed by atoms with Crippen LogP contribution in [0.5, 0.6) is 0 Å². The number of amides is 1. The molecule has 2 aliphatic rings. The Morgan fingerprint density at radius 2 is 2.16 bits per heavy atom. The molecule has 1 N–H and O–H groups in total. The topological polar surface area (TPSA) is 50.8 Å². The monoisotopic (exact) mass is 346 g/mol. The van der Waals surface area contributed by atoms with E-state index >= 15 is 0 Å². The van der Waals surface area contributed by atoms with E-state index < -0.39 is 0 Å². The van der Waals surface area contributed by atoms with E-state index in [9.17, 15) is 4.79 Å². The minimum atomic E-state index is -0.251. The van der Waals surface area contributed by atoms with Gasteiger partial charge in [0.1, 0.15) is 6.61 Å². The van der Waals surface area contributed by atoms with E-state index in [0.29, 0.717) is 37.8 Å². The van der Waals surface area contributed by atoms with Crippen LogP contribution in [-0.4, -0.2) is 49.4 Å². The number of nitrogens with one attached hydrogen (secondary N) is 1. The molecule has 1 aromatic carbocycles. The molecular weight excluding hydrogens is 316 g/mol. The minimum absolute atomic E-state index is 0.0433. The minimum Gasteiger partial charge on any atom is -0.445 e. The number of benzene rings is 1. The van der Waals surface area contributed by atoms with Gasteiger partial charge in [0.2, 0.25) is 0 Å². The Hall–Kier alpha value is -1.59.